The minimum Gasteiger partial charge on any atom is -0.339 e. The van der Waals surface area contributed by atoms with Gasteiger partial charge in [-0.3, -0.25) is 0 Å². The quantitative estimate of drug-likeness (QED) is 0.900. The van der Waals surface area contributed by atoms with Gasteiger partial charge in [0.25, 0.3) is 0 Å². The molecule has 108 valence electrons. The first kappa shape index (κ1) is 14.5. The molecular weight excluding hydrogens is 266 g/mol. The predicted octanol–water partition coefficient (Wildman–Crippen LogP) is 1.33. The van der Waals surface area contributed by atoms with Crippen molar-refractivity contribution in [3.05, 3.63) is 11.7 Å². The number of nitrogens with zero attached hydrogens (tertiary/aromatic N) is 2. The smallest absolute Gasteiger partial charge is 0.234 e. The van der Waals surface area contributed by atoms with Crippen molar-refractivity contribution in [3.63, 3.8) is 0 Å². The van der Waals surface area contributed by atoms with Crippen molar-refractivity contribution in [2.45, 2.75) is 56.2 Å². The lowest BCUT2D eigenvalue weighted by atomic mass is 9.72. The summed E-state index contributed by atoms with van der Waals surface area (Å²) in [5.41, 5.74) is 5.82. The fraction of sp³-hybridized carbons (Fsp3) is 0.833. The first-order chi connectivity index (χ1) is 8.75. The van der Waals surface area contributed by atoms with Gasteiger partial charge in [0.2, 0.25) is 5.89 Å². The summed E-state index contributed by atoms with van der Waals surface area (Å²) in [4.78, 5) is 4.29. The minimum absolute atomic E-state index is 0.0249. The molecule has 0 saturated heterocycles. The maximum Gasteiger partial charge on any atom is 0.234 e. The average molecular weight is 287 g/mol. The van der Waals surface area contributed by atoms with Crippen LogP contribution in [0.2, 0.25) is 0 Å². The third-order valence-electron chi connectivity index (χ3n) is 4.22. The molecule has 0 aliphatic heterocycles. The molecule has 1 fully saturated rings. The van der Waals surface area contributed by atoms with E-state index in [1.807, 2.05) is 6.92 Å². The van der Waals surface area contributed by atoms with Crippen LogP contribution in [0.15, 0.2) is 4.52 Å². The lowest BCUT2D eigenvalue weighted by Gasteiger charge is -2.35. The second kappa shape index (κ2) is 4.86. The number of hydrogen-bond donors (Lipinski definition) is 1. The molecule has 0 bridgehead atoms. The van der Waals surface area contributed by atoms with Gasteiger partial charge in [0, 0.05) is 12.3 Å². The number of nitrogens with two attached hydrogens (primary N) is 1. The molecule has 0 spiro atoms. The molecule has 1 saturated carbocycles. The molecule has 3 atom stereocenters. The lowest BCUT2D eigenvalue weighted by molar-refractivity contribution is 0.203. The van der Waals surface area contributed by atoms with Crippen LogP contribution in [0.4, 0.5) is 0 Å². The Morgan fingerprint density at radius 3 is 2.74 bits per heavy atom. The Morgan fingerprint density at radius 2 is 2.16 bits per heavy atom. The lowest BCUT2D eigenvalue weighted by Crippen LogP contribution is -2.45. The summed E-state index contributed by atoms with van der Waals surface area (Å²) < 4.78 is 28.3. The third kappa shape index (κ3) is 2.67. The molecule has 2 rings (SSSR count). The van der Waals surface area contributed by atoms with Crippen molar-refractivity contribution in [2.75, 3.05) is 6.26 Å². The van der Waals surface area contributed by atoms with Crippen molar-refractivity contribution >= 4 is 9.84 Å². The molecule has 1 aromatic heterocycles. The summed E-state index contributed by atoms with van der Waals surface area (Å²) in [6.07, 6.45) is 5.17. The van der Waals surface area contributed by atoms with E-state index < -0.39 is 15.1 Å². The van der Waals surface area contributed by atoms with Crippen LogP contribution in [-0.4, -0.2) is 30.9 Å². The van der Waals surface area contributed by atoms with Crippen LogP contribution in [0.25, 0.3) is 0 Å². The number of sulfone groups is 1. The van der Waals surface area contributed by atoms with E-state index in [9.17, 15) is 8.42 Å². The topological polar surface area (TPSA) is 99.1 Å². The molecule has 1 aliphatic carbocycles. The van der Waals surface area contributed by atoms with Gasteiger partial charge in [-0.15, -0.1) is 0 Å². The summed E-state index contributed by atoms with van der Waals surface area (Å²) in [6, 6.07) is -0.0249. The Balaban J connectivity index is 2.30. The molecule has 6 nitrogen and oxygen atoms in total. The molecule has 3 unspecified atom stereocenters. The molecular formula is C12H21N3O3S. The third-order valence-corrected chi connectivity index (χ3v) is 5.71. The van der Waals surface area contributed by atoms with E-state index in [2.05, 4.69) is 10.1 Å². The van der Waals surface area contributed by atoms with Gasteiger partial charge in [-0.2, -0.15) is 4.98 Å². The van der Waals surface area contributed by atoms with Gasteiger partial charge in [0.15, 0.2) is 15.7 Å². The number of aromatic nitrogens is 2. The Labute approximate surface area is 113 Å². The van der Waals surface area contributed by atoms with Crippen molar-refractivity contribution < 1.29 is 12.9 Å². The molecule has 2 N–H and O–H groups in total. The Morgan fingerprint density at radius 1 is 1.47 bits per heavy atom. The van der Waals surface area contributed by atoms with Crippen LogP contribution in [0.3, 0.4) is 0 Å². The van der Waals surface area contributed by atoms with Crippen LogP contribution >= 0.6 is 0 Å². The maximum absolute atomic E-state index is 11.5. The van der Waals surface area contributed by atoms with Crippen LogP contribution in [0.1, 0.15) is 56.5 Å². The maximum atomic E-state index is 11.5. The van der Waals surface area contributed by atoms with Crippen LogP contribution in [0.5, 0.6) is 0 Å². The predicted molar refractivity (Wildman–Crippen MR) is 71.4 cm³/mol. The molecule has 1 aliphatic rings. The standard InChI is InChI=1S/C12H21N3O3S/c1-8(19(3,16)17)10-14-11(18-15-10)12(2)7-5-4-6-9(12)13/h8-9H,4-7,13H2,1-3H3. The van der Waals surface area contributed by atoms with Crippen LogP contribution < -0.4 is 5.73 Å². The van der Waals surface area contributed by atoms with E-state index in [1.165, 1.54) is 6.26 Å². The highest BCUT2D eigenvalue weighted by atomic mass is 32.2. The Bertz CT molecular complexity index is 554. The first-order valence-corrected chi connectivity index (χ1v) is 8.49. The van der Waals surface area contributed by atoms with Crippen molar-refractivity contribution in [1.29, 1.82) is 0 Å². The summed E-state index contributed by atoms with van der Waals surface area (Å²) in [5, 5.41) is 3.06. The van der Waals surface area contributed by atoms with Gasteiger partial charge in [-0.25, -0.2) is 8.42 Å². The van der Waals surface area contributed by atoms with Gasteiger partial charge in [-0.05, 0) is 26.7 Å². The van der Waals surface area contributed by atoms with Gasteiger partial charge < -0.3 is 10.3 Å². The van der Waals surface area contributed by atoms with E-state index in [0.717, 1.165) is 25.7 Å². The zero-order valence-corrected chi connectivity index (χ0v) is 12.4. The molecule has 1 heterocycles. The SMILES string of the molecule is CC(c1noc(C2(C)CCCCC2N)n1)S(C)(=O)=O. The summed E-state index contributed by atoms with van der Waals surface area (Å²) >= 11 is 0. The molecule has 0 aromatic carbocycles. The van der Waals surface area contributed by atoms with Crippen molar-refractivity contribution in [2.24, 2.45) is 5.73 Å². The van der Waals surface area contributed by atoms with Crippen LogP contribution in [-0.2, 0) is 15.3 Å². The Hall–Kier alpha value is -0.950. The van der Waals surface area contributed by atoms with Gasteiger partial charge >= 0.3 is 0 Å². The second-order valence-corrected chi connectivity index (χ2v) is 8.07. The van der Waals surface area contributed by atoms with Crippen molar-refractivity contribution in [3.8, 4) is 0 Å². The average Bonchev–Trinajstić information content (AvgIpc) is 2.80. The van der Waals surface area contributed by atoms with E-state index in [1.54, 1.807) is 6.92 Å². The largest absolute Gasteiger partial charge is 0.339 e. The fourth-order valence-corrected chi connectivity index (χ4v) is 2.93. The van der Waals surface area contributed by atoms with Gasteiger partial charge in [-0.1, -0.05) is 18.0 Å². The van der Waals surface area contributed by atoms with Gasteiger partial charge in [0.1, 0.15) is 5.25 Å². The molecule has 0 radical (unpaired) electrons. The number of rotatable bonds is 3. The highest BCUT2D eigenvalue weighted by Gasteiger charge is 2.41. The van der Waals surface area contributed by atoms with Crippen LogP contribution in [0, 0.1) is 0 Å². The number of hydrogen-bond acceptors (Lipinski definition) is 6. The highest BCUT2D eigenvalue weighted by molar-refractivity contribution is 7.90. The van der Waals surface area contributed by atoms with Gasteiger partial charge in [0.05, 0.1) is 5.41 Å². The molecule has 1 aromatic rings. The summed E-state index contributed by atoms with van der Waals surface area (Å²) in [7, 11) is -3.22. The Kier molecular flexibility index (Phi) is 3.70. The first-order valence-electron chi connectivity index (χ1n) is 6.53. The van der Waals surface area contributed by atoms with E-state index >= 15 is 0 Å². The monoisotopic (exact) mass is 287 g/mol. The zero-order chi connectivity index (χ0) is 14.3. The molecule has 19 heavy (non-hydrogen) atoms. The minimum atomic E-state index is -3.22. The van der Waals surface area contributed by atoms with Crippen molar-refractivity contribution in [1.82, 2.24) is 10.1 Å². The summed E-state index contributed by atoms with van der Waals surface area (Å²) in [5.74, 6) is 0.682. The molecule has 0 amide bonds. The normalized spacial score (nSPS) is 30.2. The van der Waals surface area contributed by atoms with E-state index in [0.29, 0.717) is 5.89 Å². The fourth-order valence-electron chi connectivity index (χ4n) is 2.45. The second-order valence-electron chi connectivity index (χ2n) is 5.70. The zero-order valence-electron chi connectivity index (χ0n) is 11.6. The summed E-state index contributed by atoms with van der Waals surface area (Å²) in [6.45, 7) is 3.58. The highest BCUT2D eigenvalue weighted by Crippen LogP contribution is 2.37. The van der Waals surface area contributed by atoms with E-state index in [4.69, 9.17) is 10.3 Å². The van der Waals surface area contributed by atoms with E-state index in [-0.39, 0.29) is 17.3 Å². The molecule has 7 heteroatoms.